The highest BCUT2D eigenvalue weighted by Crippen LogP contribution is 2.41. The Balaban J connectivity index is 1.70. The van der Waals surface area contributed by atoms with Crippen LogP contribution in [0.25, 0.3) is 10.2 Å². The first-order valence-corrected chi connectivity index (χ1v) is 12.3. The maximum Gasteiger partial charge on any atom is 0.225 e. The van der Waals surface area contributed by atoms with E-state index in [1.165, 1.54) is 21.6 Å². The van der Waals surface area contributed by atoms with Crippen LogP contribution in [0.2, 0.25) is 0 Å². The monoisotopic (exact) mass is 466 g/mol. The Labute approximate surface area is 200 Å². The molecule has 1 amide bonds. The molecule has 1 aromatic carbocycles. The molecule has 33 heavy (non-hydrogen) atoms. The lowest BCUT2D eigenvalue weighted by Crippen LogP contribution is -2.32. The third-order valence-corrected chi connectivity index (χ3v) is 7.31. The van der Waals surface area contributed by atoms with Gasteiger partial charge in [-0.2, -0.15) is 0 Å². The van der Waals surface area contributed by atoms with E-state index in [0.717, 1.165) is 46.7 Å². The Kier molecular flexibility index (Phi) is 6.36. The molecule has 0 radical (unpaired) electrons. The Morgan fingerprint density at radius 3 is 2.64 bits per heavy atom. The second-order valence-electron chi connectivity index (χ2n) is 10.5. The van der Waals surface area contributed by atoms with Crippen LogP contribution in [0.3, 0.4) is 0 Å². The Morgan fingerprint density at radius 2 is 1.94 bits per heavy atom. The topological polar surface area (TPSA) is 67.4 Å². The molecule has 0 fully saturated rings. The first-order valence-electron chi connectivity index (χ1n) is 11.5. The maximum absolute atomic E-state index is 12.5. The molecule has 2 aromatic heterocycles. The van der Waals surface area contributed by atoms with Crippen molar-refractivity contribution in [3.8, 4) is 5.75 Å². The lowest BCUT2D eigenvalue weighted by molar-refractivity contribution is -0.133. The van der Waals surface area contributed by atoms with E-state index in [9.17, 15) is 4.79 Å². The van der Waals surface area contributed by atoms with Crippen molar-refractivity contribution in [2.45, 2.75) is 53.9 Å². The minimum atomic E-state index is 0.0436. The molecule has 4 rings (SSSR count). The maximum atomic E-state index is 12.5. The summed E-state index contributed by atoms with van der Waals surface area (Å²) < 4.78 is 6.23. The number of aryl methyl sites for hydroxylation is 3. The van der Waals surface area contributed by atoms with Crippen LogP contribution in [0.5, 0.6) is 5.75 Å². The predicted octanol–water partition coefficient (Wildman–Crippen LogP) is 5.67. The van der Waals surface area contributed by atoms with Crippen molar-refractivity contribution in [1.29, 1.82) is 0 Å². The van der Waals surface area contributed by atoms with Crippen molar-refractivity contribution in [3.05, 3.63) is 40.0 Å². The number of aromatic nitrogens is 2. The molecular formula is C26H34N4O2S. The molecule has 2 heterocycles. The molecular weight excluding hydrogens is 432 g/mol. The molecule has 7 heteroatoms. The molecule has 1 unspecified atom stereocenters. The van der Waals surface area contributed by atoms with Gasteiger partial charge in [-0.1, -0.05) is 20.8 Å². The van der Waals surface area contributed by atoms with E-state index in [1.54, 1.807) is 22.6 Å². The van der Waals surface area contributed by atoms with Gasteiger partial charge in [0.1, 0.15) is 22.7 Å². The number of thiophene rings is 1. The van der Waals surface area contributed by atoms with Gasteiger partial charge in [-0.05, 0) is 67.3 Å². The first-order chi connectivity index (χ1) is 15.5. The second-order valence-corrected chi connectivity index (χ2v) is 11.6. The summed E-state index contributed by atoms with van der Waals surface area (Å²) in [4.78, 5) is 25.6. The van der Waals surface area contributed by atoms with Crippen molar-refractivity contribution < 1.29 is 9.53 Å². The molecule has 0 spiro atoms. The number of ether oxygens (including phenoxy) is 1. The zero-order valence-electron chi connectivity index (χ0n) is 20.7. The molecule has 1 aliphatic carbocycles. The van der Waals surface area contributed by atoms with Gasteiger partial charge in [0.05, 0.1) is 17.7 Å². The summed E-state index contributed by atoms with van der Waals surface area (Å²) in [5.41, 5.74) is 4.65. The molecule has 0 aliphatic heterocycles. The number of nitrogens with one attached hydrogen (secondary N) is 1. The average Bonchev–Trinajstić information content (AvgIpc) is 3.12. The van der Waals surface area contributed by atoms with Crippen LogP contribution < -0.4 is 10.1 Å². The van der Waals surface area contributed by atoms with Crippen LogP contribution in [0.4, 0.5) is 11.5 Å². The Hall–Kier alpha value is -2.67. The number of hydrogen-bond acceptors (Lipinski definition) is 6. The molecule has 1 aliphatic rings. The molecule has 0 saturated carbocycles. The highest BCUT2D eigenvalue weighted by atomic mass is 32.1. The summed E-state index contributed by atoms with van der Waals surface area (Å²) in [6.07, 6.45) is 4.11. The fraction of sp³-hybridized carbons (Fsp3) is 0.500. The lowest BCUT2D eigenvalue weighted by Gasteiger charge is -2.24. The number of anilines is 2. The minimum Gasteiger partial charge on any atom is -0.491 e. The van der Waals surface area contributed by atoms with Crippen molar-refractivity contribution in [2.24, 2.45) is 11.3 Å². The summed E-state index contributed by atoms with van der Waals surface area (Å²) in [5, 5.41) is 4.64. The van der Waals surface area contributed by atoms with Crippen molar-refractivity contribution in [1.82, 2.24) is 14.9 Å². The molecule has 3 aromatic rings. The average molecular weight is 467 g/mol. The molecule has 176 valence electrons. The van der Waals surface area contributed by atoms with Crippen LogP contribution in [0.15, 0.2) is 18.5 Å². The summed E-state index contributed by atoms with van der Waals surface area (Å²) >= 11 is 1.69. The van der Waals surface area contributed by atoms with Gasteiger partial charge in [-0.15, -0.1) is 11.3 Å². The summed E-state index contributed by atoms with van der Waals surface area (Å²) in [5.74, 6) is 1.89. The van der Waals surface area contributed by atoms with E-state index in [-0.39, 0.29) is 17.2 Å². The minimum absolute atomic E-state index is 0.0436. The number of rotatable bonds is 5. The predicted molar refractivity (Wildman–Crippen MR) is 136 cm³/mol. The van der Waals surface area contributed by atoms with Gasteiger partial charge in [-0.3, -0.25) is 4.79 Å². The van der Waals surface area contributed by atoms with E-state index < -0.39 is 0 Å². The smallest absolute Gasteiger partial charge is 0.225 e. The number of benzene rings is 1. The van der Waals surface area contributed by atoms with E-state index in [4.69, 9.17) is 4.74 Å². The van der Waals surface area contributed by atoms with Gasteiger partial charge in [0.25, 0.3) is 0 Å². The van der Waals surface area contributed by atoms with Crippen LogP contribution >= 0.6 is 11.3 Å². The fourth-order valence-electron chi connectivity index (χ4n) is 4.21. The van der Waals surface area contributed by atoms with Gasteiger partial charge >= 0.3 is 0 Å². The first kappa shape index (κ1) is 23.5. The lowest BCUT2D eigenvalue weighted by atomic mass is 9.87. The molecule has 1 N–H and O–H groups in total. The van der Waals surface area contributed by atoms with Crippen molar-refractivity contribution >= 4 is 39.0 Å². The zero-order chi connectivity index (χ0) is 23.9. The van der Waals surface area contributed by atoms with E-state index in [1.807, 2.05) is 14.1 Å². The molecule has 0 saturated heterocycles. The van der Waals surface area contributed by atoms with E-state index in [0.29, 0.717) is 6.61 Å². The molecule has 1 atom stereocenters. The highest BCUT2D eigenvalue weighted by molar-refractivity contribution is 7.19. The number of nitrogens with zero attached hydrogens (tertiary/aromatic N) is 3. The molecule has 0 bridgehead atoms. The van der Waals surface area contributed by atoms with Crippen LogP contribution in [-0.4, -0.2) is 41.5 Å². The van der Waals surface area contributed by atoms with Crippen molar-refractivity contribution in [2.75, 3.05) is 26.0 Å². The number of hydrogen-bond donors (Lipinski definition) is 1. The van der Waals surface area contributed by atoms with Gasteiger partial charge in [0, 0.05) is 24.9 Å². The van der Waals surface area contributed by atoms with Crippen molar-refractivity contribution in [3.63, 3.8) is 0 Å². The summed E-state index contributed by atoms with van der Waals surface area (Å²) in [6.45, 7) is 11.3. The van der Waals surface area contributed by atoms with Gasteiger partial charge < -0.3 is 15.0 Å². The normalized spacial score (nSPS) is 15.9. The van der Waals surface area contributed by atoms with E-state index in [2.05, 4.69) is 62.0 Å². The van der Waals surface area contributed by atoms with Gasteiger partial charge in [0.15, 0.2) is 0 Å². The number of fused-ring (bicyclic) bond motifs is 3. The zero-order valence-corrected chi connectivity index (χ0v) is 21.5. The largest absolute Gasteiger partial charge is 0.491 e. The Morgan fingerprint density at radius 1 is 1.21 bits per heavy atom. The number of carbonyl (C=O) groups excluding carboxylic acids is 1. The quantitative estimate of drug-likeness (QED) is 0.525. The standard InChI is InChI=1S/C26H34N4O2S/c1-15-10-19(20(11-16(15)2)32-13-26(3,4)5)29-23-22-18-9-8-17(25(31)30(6)7)12-21(18)33-24(22)28-14-27-23/h10-11,14,17H,8-9,12-13H2,1-7H3,(H,27,28,29). The SMILES string of the molecule is Cc1cc(Nc2ncnc3sc4c(c23)CCC(C(=O)N(C)C)C4)c(OCC(C)(C)C)cc1C. The number of carbonyl (C=O) groups is 1. The second kappa shape index (κ2) is 8.93. The van der Waals surface area contributed by atoms with Gasteiger partial charge in [-0.25, -0.2) is 9.97 Å². The highest BCUT2D eigenvalue weighted by Gasteiger charge is 2.30. The van der Waals surface area contributed by atoms with Crippen LogP contribution in [0, 0.1) is 25.2 Å². The third-order valence-electron chi connectivity index (χ3n) is 6.15. The number of amides is 1. The summed E-state index contributed by atoms with van der Waals surface area (Å²) in [6, 6.07) is 4.23. The van der Waals surface area contributed by atoms with Gasteiger partial charge in [0.2, 0.25) is 5.91 Å². The van der Waals surface area contributed by atoms with Crippen LogP contribution in [-0.2, 0) is 17.6 Å². The Bertz CT molecular complexity index is 1190. The third kappa shape index (κ3) is 4.98. The molecule has 6 nitrogen and oxygen atoms in total. The van der Waals surface area contributed by atoms with Crippen LogP contribution in [0.1, 0.15) is 48.8 Å². The summed E-state index contributed by atoms with van der Waals surface area (Å²) in [7, 11) is 3.66. The fourth-order valence-corrected chi connectivity index (χ4v) is 5.48. The van der Waals surface area contributed by atoms with E-state index >= 15 is 0 Å².